The number of carbonyl (C=O) groups excluding carboxylic acids is 2. The molecule has 31 heavy (non-hydrogen) atoms. The molecule has 0 atom stereocenters. The minimum Gasteiger partial charge on any atom is -0.493 e. The summed E-state index contributed by atoms with van der Waals surface area (Å²) in [5.74, 6) is -0.555. The van der Waals surface area contributed by atoms with E-state index in [2.05, 4.69) is 4.98 Å². The number of anilines is 2. The van der Waals surface area contributed by atoms with E-state index in [1.807, 2.05) is 13.0 Å². The summed E-state index contributed by atoms with van der Waals surface area (Å²) in [7, 11) is 1.52. The standard InChI is InChI=1S/C22H21FN2O5S/c1-14-8-9-19(20(10-14)28-3)29-12-21(27)30-11-16-13-31-22(24-16)25(15(2)26)18-7-5-4-6-17(18)23/h4-10,13H,11-12H2,1-3H3. The minimum atomic E-state index is -0.588. The topological polar surface area (TPSA) is 78.0 Å². The first-order chi connectivity index (χ1) is 14.9. The molecule has 1 aromatic heterocycles. The predicted octanol–water partition coefficient (Wildman–Crippen LogP) is 4.41. The zero-order valence-corrected chi connectivity index (χ0v) is 18.1. The van der Waals surface area contributed by atoms with E-state index >= 15 is 0 Å². The van der Waals surface area contributed by atoms with Gasteiger partial charge in [0, 0.05) is 12.3 Å². The third-order valence-electron chi connectivity index (χ3n) is 4.18. The predicted molar refractivity (Wildman–Crippen MR) is 114 cm³/mol. The highest BCUT2D eigenvalue weighted by molar-refractivity contribution is 7.14. The molecule has 0 saturated heterocycles. The van der Waals surface area contributed by atoms with Gasteiger partial charge in [0.15, 0.2) is 23.2 Å². The van der Waals surface area contributed by atoms with Gasteiger partial charge >= 0.3 is 5.97 Å². The number of rotatable bonds is 8. The van der Waals surface area contributed by atoms with Gasteiger partial charge in [-0.2, -0.15) is 0 Å². The van der Waals surface area contributed by atoms with Crippen LogP contribution in [0.3, 0.4) is 0 Å². The van der Waals surface area contributed by atoms with Crippen LogP contribution in [0, 0.1) is 12.7 Å². The number of ether oxygens (including phenoxy) is 3. The van der Waals surface area contributed by atoms with E-state index in [1.165, 1.54) is 37.1 Å². The highest BCUT2D eigenvalue weighted by atomic mass is 32.1. The monoisotopic (exact) mass is 444 g/mol. The molecule has 0 N–H and O–H groups in total. The molecule has 0 saturated carbocycles. The molecule has 0 aliphatic rings. The number of hydrogen-bond donors (Lipinski definition) is 0. The number of esters is 1. The molecule has 2 aromatic carbocycles. The van der Waals surface area contributed by atoms with Crippen molar-refractivity contribution >= 4 is 34.0 Å². The first-order valence-electron chi connectivity index (χ1n) is 9.31. The Morgan fingerprint density at radius 3 is 2.65 bits per heavy atom. The number of benzene rings is 2. The Morgan fingerprint density at radius 2 is 1.94 bits per heavy atom. The van der Waals surface area contributed by atoms with Crippen molar-refractivity contribution in [2.75, 3.05) is 18.6 Å². The Balaban J connectivity index is 1.60. The quantitative estimate of drug-likeness (QED) is 0.479. The summed E-state index contributed by atoms with van der Waals surface area (Å²) in [6.07, 6.45) is 0. The molecule has 3 aromatic rings. The fraction of sp³-hybridized carbons (Fsp3) is 0.227. The van der Waals surface area contributed by atoms with Crippen LogP contribution in [0.2, 0.25) is 0 Å². The van der Waals surface area contributed by atoms with Crippen LogP contribution in [0.25, 0.3) is 0 Å². The van der Waals surface area contributed by atoms with Gasteiger partial charge in [-0.05, 0) is 36.8 Å². The van der Waals surface area contributed by atoms with Crippen LogP contribution in [0.4, 0.5) is 15.2 Å². The summed E-state index contributed by atoms with van der Waals surface area (Å²) >= 11 is 1.15. The van der Waals surface area contributed by atoms with Crippen LogP contribution in [0.5, 0.6) is 11.5 Å². The normalized spacial score (nSPS) is 10.5. The maximum absolute atomic E-state index is 14.1. The molecule has 162 valence electrons. The molecule has 0 unspecified atom stereocenters. The fourth-order valence-corrected chi connectivity index (χ4v) is 3.60. The largest absolute Gasteiger partial charge is 0.493 e. The second kappa shape index (κ2) is 10.0. The van der Waals surface area contributed by atoms with Gasteiger partial charge in [-0.25, -0.2) is 14.2 Å². The van der Waals surface area contributed by atoms with Crippen molar-refractivity contribution in [3.63, 3.8) is 0 Å². The first kappa shape index (κ1) is 22.2. The van der Waals surface area contributed by atoms with Crippen molar-refractivity contribution < 1.29 is 28.2 Å². The number of methoxy groups -OCH3 is 1. The lowest BCUT2D eigenvalue weighted by Crippen LogP contribution is -2.23. The molecule has 1 amide bonds. The van der Waals surface area contributed by atoms with E-state index in [4.69, 9.17) is 14.2 Å². The van der Waals surface area contributed by atoms with Gasteiger partial charge in [0.2, 0.25) is 5.91 Å². The van der Waals surface area contributed by atoms with Crippen LogP contribution in [0.1, 0.15) is 18.2 Å². The Morgan fingerprint density at radius 1 is 1.16 bits per heavy atom. The Bertz CT molecular complexity index is 1090. The number of hydrogen-bond acceptors (Lipinski definition) is 7. The van der Waals surface area contributed by atoms with Crippen LogP contribution in [-0.4, -0.2) is 30.6 Å². The smallest absolute Gasteiger partial charge is 0.344 e. The summed E-state index contributed by atoms with van der Waals surface area (Å²) < 4.78 is 30.0. The van der Waals surface area contributed by atoms with Gasteiger partial charge in [0.25, 0.3) is 0 Å². The summed E-state index contributed by atoms with van der Waals surface area (Å²) in [6.45, 7) is 2.84. The molecule has 0 aliphatic carbocycles. The average molecular weight is 444 g/mol. The molecule has 0 fully saturated rings. The molecular weight excluding hydrogens is 423 g/mol. The van der Waals surface area contributed by atoms with E-state index in [-0.39, 0.29) is 29.9 Å². The first-order valence-corrected chi connectivity index (χ1v) is 10.2. The lowest BCUT2D eigenvalue weighted by Gasteiger charge is -2.18. The van der Waals surface area contributed by atoms with Crippen LogP contribution in [-0.2, 0) is 20.9 Å². The minimum absolute atomic E-state index is 0.104. The number of thiazole rings is 1. The number of amides is 1. The molecule has 0 bridgehead atoms. The van der Waals surface area contributed by atoms with Crippen molar-refractivity contribution in [3.8, 4) is 11.5 Å². The molecule has 3 rings (SSSR count). The van der Waals surface area contributed by atoms with Gasteiger partial charge in [0.05, 0.1) is 18.5 Å². The lowest BCUT2D eigenvalue weighted by atomic mass is 10.2. The molecular formula is C22H21FN2O5S. The van der Waals surface area contributed by atoms with Crippen LogP contribution in [0.15, 0.2) is 47.8 Å². The second-order valence-electron chi connectivity index (χ2n) is 6.53. The van der Waals surface area contributed by atoms with Crippen molar-refractivity contribution in [1.29, 1.82) is 0 Å². The molecule has 0 aliphatic heterocycles. The number of halogens is 1. The van der Waals surface area contributed by atoms with Gasteiger partial charge in [-0.15, -0.1) is 11.3 Å². The molecule has 1 heterocycles. The number of para-hydroxylation sites is 1. The van der Waals surface area contributed by atoms with Crippen LogP contribution >= 0.6 is 11.3 Å². The van der Waals surface area contributed by atoms with Crippen molar-refractivity contribution in [2.24, 2.45) is 0 Å². The molecule has 0 radical (unpaired) electrons. The maximum Gasteiger partial charge on any atom is 0.344 e. The zero-order chi connectivity index (χ0) is 22.4. The van der Waals surface area contributed by atoms with Gasteiger partial charge in [0.1, 0.15) is 12.4 Å². The zero-order valence-electron chi connectivity index (χ0n) is 17.3. The van der Waals surface area contributed by atoms with E-state index in [9.17, 15) is 14.0 Å². The molecule has 9 heteroatoms. The number of aryl methyl sites for hydroxylation is 1. The lowest BCUT2D eigenvalue weighted by molar-refractivity contribution is -0.147. The van der Waals surface area contributed by atoms with Crippen LogP contribution < -0.4 is 14.4 Å². The Labute approximate surface area is 183 Å². The van der Waals surface area contributed by atoms with Crippen molar-refractivity contribution in [2.45, 2.75) is 20.5 Å². The van der Waals surface area contributed by atoms with Gasteiger partial charge in [-0.1, -0.05) is 18.2 Å². The fourth-order valence-electron chi connectivity index (χ4n) is 2.73. The number of carbonyl (C=O) groups is 2. The van der Waals surface area contributed by atoms with E-state index in [0.29, 0.717) is 17.2 Å². The number of nitrogens with zero attached hydrogens (tertiary/aromatic N) is 2. The summed E-state index contributed by atoms with van der Waals surface area (Å²) in [6, 6.07) is 11.3. The third kappa shape index (κ3) is 5.58. The number of aromatic nitrogens is 1. The van der Waals surface area contributed by atoms with Gasteiger partial charge < -0.3 is 14.2 Å². The highest BCUT2D eigenvalue weighted by Crippen LogP contribution is 2.31. The molecule has 7 nitrogen and oxygen atoms in total. The van der Waals surface area contributed by atoms with Gasteiger partial charge in [-0.3, -0.25) is 9.69 Å². The third-order valence-corrected chi connectivity index (χ3v) is 5.06. The highest BCUT2D eigenvalue weighted by Gasteiger charge is 2.21. The summed E-state index contributed by atoms with van der Waals surface area (Å²) in [5, 5.41) is 1.92. The van der Waals surface area contributed by atoms with E-state index < -0.39 is 11.8 Å². The van der Waals surface area contributed by atoms with Crippen molar-refractivity contribution in [3.05, 3.63) is 64.9 Å². The Hall–Kier alpha value is -3.46. The Kier molecular flexibility index (Phi) is 7.19. The second-order valence-corrected chi connectivity index (χ2v) is 7.37. The summed E-state index contributed by atoms with van der Waals surface area (Å²) in [4.78, 5) is 29.6. The SMILES string of the molecule is COc1cc(C)ccc1OCC(=O)OCc1csc(N(C(C)=O)c2ccccc2F)n1. The summed E-state index contributed by atoms with van der Waals surface area (Å²) in [5.41, 5.74) is 1.54. The maximum atomic E-state index is 14.1. The average Bonchev–Trinajstić information content (AvgIpc) is 3.21. The van der Waals surface area contributed by atoms with E-state index in [1.54, 1.807) is 23.6 Å². The van der Waals surface area contributed by atoms with Crippen molar-refractivity contribution in [1.82, 2.24) is 4.98 Å². The van der Waals surface area contributed by atoms with E-state index in [0.717, 1.165) is 16.9 Å². The molecule has 0 spiro atoms.